The maximum Gasteiger partial charge on any atom is 0.255 e. The number of sulfonamides is 1. The molecule has 1 N–H and O–H groups in total. The normalized spacial score (nSPS) is 17.5. The van der Waals surface area contributed by atoms with E-state index in [4.69, 9.17) is 4.74 Å². The molecule has 1 heterocycles. The minimum Gasteiger partial charge on any atom is -0.379 e. The van der Waals surface area contributed by atoms with Crippen molar-refractivity contribution in [3.63, 3.8) is 0 Å². The second-order valence-electron chi connectivity index (χ2n) is 6.83. The van der Waals surface area contributed by atoms with E-state index in [2.05, 4.69) is 11.4 Å². The number of carbonyl (C=O) groups is 1. The molecule has 0 atom stereocenters. The number of anilines is 1. The summed E-state index contributed by atoms with van der Waals surface area (Å²) in [6, 6.07) is 12.1. The van der Waals surface area contributed by atoms with E-state index in [0.29, 0.717) is 31.9 Å². The molecule has 4 rings (SSSR count). The molecule has 27 heavy (non-hydrogen) atoms. The molecule has 0 aromatic heterocycles. The second kappa shape index (κ2) is 7.42. The van der Waals surface area contributed by atoms with Crippen LogP contribution in [0, 0.1) is 0 Å². The lowest BCUT2D eigenvalue weighted by atomic mass is 10.1. The largest absolute Gasteiger partial charge is 0.379 e. The summed E-state index contributed by atoms with van der Waals surface area (Å²) in [5, 5.41) is 2.89. The Kier molecular flexibility index (Phi) is 4.99. The van der Waals surface area contributed by atoms with Gasteiger partial charge in [-0.2, -0.15) is 4.31 Å². The van der Waals surface area contributed by atoms with Crippen molar-refractivity contribution in [3.8, 4) is 0 Å². The van der Waals surface area contributed by atoms with E-state index in [0.717, 1.165) is 24.9 Å². The summed E-state index contributed by atoms with van der Waals surface area (Å²) in [5.41, 5.74) is 3.84. The highest BCUT2D eigenvalue weighted by atomic mass is 32.2. The van der Waals surface area contributed by atoms with Crippen LogP contribution in [-0.2, 0) is 27.6 Å². The van der Waals surface area contributed by atoms with Crippen molar-refractivity contribution < 1.29 is 17.9 Å². The van der Waals surface area contributed by atoms with Crippen molar-refractivity contribution >= 4 is 21.6 Å². The maximum atomic E-state index is 12.6. The third kappa shape index (κ3) is 3.76. The molecule has 1 saturated heterocycles. The van der Waals surface area contributed by atoms with E-state index < -0.39 is 10.0 Å². The lowest BCUT2D eigenvalue weighted by molar-refractivity contribution is 0.0730. The molecule has 0 bridgehead atoms. The summed E-state index contributed by atoms with van der Waals surface area (Å²) in [4.78, 5) is 12.7. The summed E-state index contributed by atoms with van der Waals surface area (Å²) in [5.74, 6) is -0.247. The number of fused-ring (bicyclic) bond motifs is 1. The molecular formula is C20H22N2O4S. The molecule has 2 aliphatic rings. The van der Waals surface area contributed by atoms with E-state index in [1.807, 2.05) is 12.1 Å². The molecule has 1 amide bonds. The van der Waals surface area contributed by atoms with Crippen LogP contribution in [0.2, 0.25) is 0 Å². The Labute approximate surface area is 159 Å². The molecule has 2 aromatic rings. The van der Waals surface area contributed by atoms with Gasteiger partial charge in [-0.25, -0.2) is 8.42 Å². The number of hydrogen-bond acceptors (Lipinski definition) is 4. The van der Waals surface area contributed by atoms with Crippen LogP contribution < -0.4 is 5.32 Å². The molecule has 142 valence electrons. The van der Waals surface area contributed by atoms with Gasteiger partial charge in [0.1, 0.15) is 0 Å². The number of aryl methyl sites for hydroxylation is 2. The molecule has 0 saturated carbocycles. The molecule has 1 aliphatic carbocycles. The number of morpholine rings is 1. The third-order valence-corrected chi connectivity index (χ3v) is 6.99. The Morgan fingerprint density at radius 2 is 1.67 bits per heavy atom. The first-order valence-electron chi connectivity index (χ1n) is 9.15. The second-order valence-corrected chi connectivity index (χ2v) is 8.77. The van der Waals surface area contributed by atoms with Crippen LogP contribution in [0.3, 0.4) is 0 Å². The number of benzene rings is 2. The van der Waals surface area contributed by atoms with E-state index in [1.54, 1.807) is 12.1 Å². The van der Waals surface area contributed by atoms with E-state index in [9.17, 15) is 13.2 Å². The van der Waals surface area contributed by atoms with Crippen molar-refractivity contribution in [1.29, 1.82) is 0 Å². The lowest BCUT2D eigenvalue weighted by Gasteiger charge is -2.26. The summed E-state index contributed by atoms with van der Waals surface area (Å²) in [6.45, 7) is 1.51. The molecule has 6 nitrogen and oxygen atoms in total. The molecule has 7 heteroatoms. The average Bonchev–Trinajstić information content (AvgIpc) is 3.16. The fraction of sp³-hybridized carbons (Fsp3) is 0.350. The SMILES string of the molecule is O=C(Nc1ccc2c(c1)CCC2)c1ccc(S(=O)(=O)N2CCOCC2)cc1. The predicted octanol–water partition coefficient (Wildman–Crippen LogP) is 2.45. The minimum absolute atomic E-state index is 0.193. The van der Waals surface area contributed by atoms with E-state index >= 15 is 0 Å². The number of rotatable bonds is 4. The first-order chi connectivity index (χ1) is 13.0. The summed E-state index contributed by atoms with van der Waals surface area (Å²) < 4.78 is 31.9. The Morgan fingerprint density at radius 3 is 2.41 bits per heavy atom. The first kappa shape index (κ1) is 18.2. The van der Waals surface area contributed by atoms with Gasteiger partial charge in [-0.3, -0.25) is 4.79 Å². The number of nitrogens with zero attached hydrogens (tertiary/aromatic N) is 1. The van der Waals surface area contributed by atoms with E-state index in [-0.39, 0.29) is 10.8 Å². The third-order valence-electron chi connectivity index (χ3n) is 5.08. The van der Waals surface area contributed by atoms with Gasteiger partial charge < -0.3 is 10.1 Å². The number of carbonyl (C=O) groups excluding carboxylic acids is 1. The van der Waals surface area contributed by atoms with Crippen LogP contribution in [-0.4, -0.2) is 44.9 Å². The summed E-state index contributed by atoms with van der Waals surface area (Å²) >= 11 is 0. The van der Waals surface area contributed by atoms with E-state index in [1.165, 1.54) is 27.6 Å². The van der Waals surface area contributed by atoms with Crippen molar-refractivity contribution in [2.75, 3.05) is 31.6 Å². The van der Waals surface area contributed by atoms with Crippen molar-refractivity contribution in [3.05, 3.63) is 59.2 Å². The van der Waals surface area contributed by atoms with Crippen LogP contribution in [0.25, 0.3) is 0 Å². The van der Waals surface area contributed by atoms with Crippen molar-refractivity contribution in [2.45, 2.75) is 24.2 Å². The summed E-state index contributed by atoms with van der Waals surface area (Å²) in [7, 11) is -3.55. The zero-order valence-corrected chi connectivity index (χ0v) is 15.8. The quantitative estimate of drug-likeness (QED) is 0.876. The number of ether oxygens (including phenoxy) is 1. The van der Waals surface area contributed by atoms with Crippen LogP contribution in [0.4, 0.5) is 5.69 Å². The van der Waals surface area contributed by atoms with Gasteiger partial charge in [0.2, 0.25) is 10.0 Å². The van der Waals surface area contributed by atoms with Gasteiger partial charge in [0.05, 0.1) is 18.1 Å². The van der Waals surface area contributed by atoms with Gasteiger partial charge in [0.25, 0.3) is 5.91 Å². The van der Waals surface area contributed by atoms with Crippen molar-refractivity contribution in [1.82, 2.24) is 4.31 Å². The maximum absolute atomic E-state index is 12.6. The molecule has 2 aromatic carbocycles. The zero-order valence-electron chi connectivity index (χ0n) is 15.0. The molecular weight excluding hydrogens is 364 g/mol. The van der Waals surface area contributed by atoms with Gasteiger partial charge in [0.15, 0.2) is 0 Å². The fourth-order valence-corrected chi connectivity index (χ4v) is 4.98. The van der Waals surface area contributed by atoms with Gasteiger partial charge in [-0.1, -0.05) is 6.07 Å². The van der Waals surface area contributed by atoms with Gasteiger partial charge >= 0.3 is 0 Å². The zero-order chi connectivity index (χ0) is 18.9. The molecule has 0 spiro atoms. The number of amides is 1. The number of hydrogen-bond donors (Lipinski definition) is 1. The van der Waals surface area contributed by atoms with Gasteiger partial charge in [0, 0.05) is 24.3 Å². The summed E-state index contributed by atoms with van der Waals surface area (Å²) in [6.07, 6.45) is 3.31. The van der Waals surface area contributed by atoms with Gasteiger partial charge in [-0.15, -0.1) is 0 Å². The lowest BCUT2D eigenvalue weighted by Crippen LogP contribution is -2.40. The molecule has 1 aliphatic heterocycles. The Balaban J connectivity index is 1.47. The highest BCUT2D eigenvalue weighted by molar-refractivity contribution is 7.89. The minimum atomic E-state index is -3.55. The van der Waals surface area contributed by atoms with Gasteiger partial charge in [-0.05, 0) is 66.8 Å². The fourth-order valence-electron chi connectivity index (χ4n) is 3.57. The van der Waals surface area contributed by atoms with Crippen LogP contribution in [0.1, 0.15) is 27.9 Å². The smallest absolute Gasteiger partial charge is 0.255 e. The Bertz CT molecular complexity index is 948. The predicted molar refractivity (Wildman–Crippen MR) is 102 cm³/mol. The monoisotopic (exact) mass is 386 g/mol. The standard InChI is InChI=1S/C20H22N2O4S/c23-20(21-18-7-4-15-2-1-3-17(15)14-18)16-5-8-19(9-6-16)27(24,25)22-10-12-26-13-11-22/h4-9,14H,1-3,10-13H2,(H,21,23). The molecule has 1 fully saturated rings. The van der Waals surface area contributed by atoms with Crippen LogP contribution in [0.15, 0.2) is 47.4 Å². The molecule has 0 unspecified atom stereocenters. The Hall–Kier alpha value is -2.22. The number of nitrogens with one attached hydrogen (secondary N) is 1. The van der Waals surface area contributed by atoms with Crippen LogP contribution >= 0.6 is 0 Å². The first-order valence-corrected chi connectivity index (χ1v) is 10.6. The highest BCUT2D eigenvalue weighted by Gasteiger charge is 2.26. The van der Waals surface area contributed by atoms with Crippen LogP contribution in [0.5, 0.6) is 0 Å². The highest BCUT2D eigenvalue weighted by Crippen LogP contribution is 2.25. The average molecular weight is 386 g/mol. The topological polar surface area (TPSA) is 75.7 Å². The Morgan fingerprint density at radius 1 is 0.963 bits per heavy atom. The molecule has 0 radical (unpaired) electrons. The van der Waals surface area contributed by atoms with Crippen molar-refractivity contribution in [2.24, 2.45) is 0 Å².